The van der Waals surface area contributed by atoms with Gasteiger partial charge in [0.25, 0.3) is 0 Å². The number of para-hydroxylation sites is 1. The van der Waals surface area contributed by atoms with Gasteiger partial charge in [-0.15, -0.1) is 0 Å². The number of hydrogen-bond donors (Lipinski definition) is 1. The Bertz CT molecular complexity index is 316. The number of rotatable bonds is 3. The molecule has 1 aromatic rings. The van der Waals surface area contributed by atoms with Crippen LogP contribution in [0.25, 0.3) is 5.76 Å². The fourth-order valence-electron chi connectivity index (χ4n) is 1.33. The quantitative estimate of drug-likeness (QED) is 0.721. The summed E-state index contributed by atoms with van der Waals surface area (Å²) in [7, 11) is 1.60. The summed E-state index contributed by atoms with van der Waals surface area (Å²) in [4.78, 5) is 0. The fourth-order valence-corrected chi connectivity index (χ4v) is 1.33. The standard InChI is InChI=1S/C11H14O2/c1-4-9-6-5-7-10(8(2)12)11(9)13-3/h5-7,12H,2,4H2,1,3H3. The molecule has 2 heteroatoms. The van der Waals surface area contributed by atoms with Gasteiger partial charge in [0.2, 0.25) is 0 Å². The van der Waals surface area contributed by atoms with Crippen molar-refractivity contribution in [3.05, 3.63) is 35.9 Å². The summed E-state index contributed by atoms with van der Waals surface area (Å²) in [5.74, 6) is 0.768. The molecule has 0 unspecified atom stereocenters. The highest BCUT2D eigenvalue weighted by Crippen LogP contribution is 2.27. The molecule has 1 aromatic carbocycles. The number of hydrogen-bond acceptors (Lipinski definition) is 2. The second kappa shape index (κ2) is 3.99. The van der Waals surface area contributed by atoms with Crippen molar-refractivity contribution >= 4 is 5.76 Å². The van der Waals surface area contributed by atoms with E-state index < -0.39 is 0 Å². The predicted octanol–water partition coefficient (Wildman–Crippen LogP) is 2.79. The Morgan fingerprint density at radius 1 is 1.54 bits per heavy atom. The summed E-state index contributed by atoms with van der Waals surface area (Å²) >= 11 is 0. The molecular formula is C11H14O2. The molecule has 0 amide bonds. The molecule has 0 spiro atoms. The molecule has 1 N–H and O–H groups in total. The molecule has 2 nitrogen and oxygen atoms in total. The number of aliphatic hydroxyl groups excluding tert-OH is 1. The first-order chi connectivity index (χ1) is 6.20. The zero-order chi connectivity index (χ0) is 9.84. The molecule has 0 aliphatic heterocycles. The van der Waals surface area contributed by atoms with E-state index in [1.165, 1.54) is 0 Å². The Morgan fingerprint density at radius 3 is 2.69 bits per heavy atom. The van der Waals surface area contributed by atoms with Crippen molar-refractivity contribution in [1.29, 1.82) is 0 Å². The first-order valence-electron chi connectivity index (χ1n) is 4.24. The molecule has 0 radical (unpaired) electrons. The van der Waals surface area contributed by atoms with Gasteiger partial charge in [-0.2, -0.15) is 0 Å². The Balaban J connectivity index is 3.27. The molecule has 0 saturated heterocycles. The van der Waals surface area contributed by atoms with E-state index in [-0.39, 0.29) is 5.76 Å². The van der Waals surface area contributed by atoms with Crippen molar-refractivity contribution in [1.82, 2.24) is 0 Å². The average Bonchev–Trinajstić information content (AvgIpc) is 2.16. The molecule has 0 fully saturated rings. The first-order valence-corrected chi connectivity index (χ1v) is 4.24. The van der Waals surface area contributed by atoms with Crippen LogP contribution in [0.1, 0.15) is 18.1 Å². The summed E-state index contributed by atoms with van der Waals surface area (Å²) in [6.45, 7) is 5.53. The molecule has 0 aliphatic carbocycles. The second-order valence-electron chi connectivity index (χ2n) is 2.80. The van der Waals surface area contributed by atoms with Gasteiger partial charge in [0, 0.05) is 0 Å². The molecule has 70 valence electrons. The van der Waals surface area contributed by atoms with Gasteiger partial charge in [0.05, 0.1) is 12.7 Å². The van der Waals surface area contributed by atoms with Crippen LogP contribution in [0.2, 0.25) is 0 Å². The Hall–Kier alpha value is -1.44. The van der Waals surface area contributed by atoms with E-state index in [9.17, 15) is 5.11 Å². The third kappa shape index (κ3) is 1.83. The van der Waals surface area contributed by atoms with E-state index in [2.05, 4.69) is 6.58 Å². The molecule has 0 saturated carbocycles. The molecule has 13 heavy (non-hydrogen) atoms. The summed E-state index contributed by atoms with van der Waals surface area (Å²) in [5.41, 5.74) is 1.75. The zero-order valence-electron chi connectivity index (χ0n) is 8.00. The lowest BCUT2D eigenvalue weighted by Crippen LogP contribution is -1.95. The molecule has 0 aromatic heterocycles. The predicted molar refractivity (Wildman–Crippen MR) is 54.0 cm³/mol. The average molecular weight is 178 g/mol. The number of ether oxygens (including phenoxy) is 1. The maximum atomic E-state index is 9.28. The van der Waals surface area contributed by atoms with E-state index in [0.717, 1.165) is 17.7 Å². The van der Waals surface area contributed by atoms with Gasteiger partial charge in [-0.05, 0) is 18.1 Å². The number of aliphatic hydroxyl groups is 1. The van der Waals surface area contributed by atoms with Crippen LogP contribution in [-0.2, 0) is 6.42 Å². The Morgan fingerprint density at radius 2 is 2.23 bits per heavy atom. The lowest BCUT2D eigenvalue weighted by atomic mass is 10.1. The van der Waals surface area contributed by atoms with Crippen LogP contribution in [0.15, 0.2) is 24.8 Å². The first kappa shape index (κ1) is 9.65. The van der Waals surface area contributed by atoms with Crippen molar-refractivity contribution in [3.63, 3.8) is 0 Å². The van der Waals surface area contributed by atoms with Gasteiger partial charge in [0.1, 0.15) is 11.5 Å². The van der Waals surface area contributed by atoms with E-state index in [0.29, 0.717) is 5.56 Å². The minimum Gasteiger partial charge on any atom is -0.508 e. The Kier molecular flexibility index (Phi) is 2.96. The highest BCUT2D eigenvalue weighted by Gasteiger charge is 2.08. The third-order valence-electron chi connectivity index (χ3n) is 1.99. The minimum absolute atomic E-state index is 0.0483. The van der Waals surface area contributed by atoms with Crippen LogP contribution in [-0.4, -0.2) is 12.2 Å². The zero-order valence-corrected chi connectivity index (χ0v) is 8.00. The topological polar surface area (TPSA) is 29.5 Å². The molecule has 1 rings (SSSR count). The number of benzene rings is 1. The van der Waals surface area contributed by atoms with E-state index in [1.807, 2.05) is 19.1 Å². The normalized spacial score (nSPS) is 9.69. The van der Waals surface area contributed by atoms with Crippen LogP contribution in [0, 0.1) is 0 Å². The summed E-state index contributed by atoms with van der Waals surface area (Å²) in [6, 6.07) is 5.66. The van der Waals surface area contributed by atoms with Crippen molar-refractivity contribution in [3.8, 4) is 5.75 Å². The smallest absolute Gasteiger partial charge is 0.132 e. The van der Waals surface area contributed by atoms with Crippen LogP contribution in [0.4, 0.5) is 0 Å². The summed E-state index contributed by atoms with van der Waals surface area (Å²) < 4.78 is 5.21. The molecular weight excluding hydrogens is 164 g/mol. The van der Waals surface area contributed by atoms with Gasteiger partial charge in [-0.1, -0.05) is 25.6 Å². The lowest BCUT2D eigenvalue weighted by molar-refractivity contribution is 0.404. The minimum atomic E-state index is 0.0483. The van der Waals surface area contributed by atoms with Gasteiger partial charge < -0.3 is 9.84 Å². The van der Waals surface area contributed by atoms with Crippen LogP contribution in [0.3, 0.4) is 0 Å². The summed E-state index contributed by atoms with van der Waals surface area (Å²) in [6.07, 6.45) is 0.879. The third-order valence-corrected chi connectivity index (χ3v) is 1.99. The number of methoxy groups -OCH3 is 1. The van der Waals surface area contributed by atoms with E-state index >= 15 is 0 Å². The maximum absolute atomic E-state index is 9.28. The monoisotopic (exact) mass is 178 g/mol. The van der Waals surface area contributed by atoms with Crippen molar-refractivity contribution < 1.29 is 9.84 Å². The van der Waals surface area contributed by atoms with Gasteiger partial charge in [0.15, 0.2) is 0 Å². The van der Waals surface area contributed by atoms with Crippen molar-refractivity contribution in [2.75, 3.05) is 7.11 Å². The van der Waals surface area contributed by atoms with Crippen molar-refractivity contribution in [2.24, 2.45) is 0 Å². The molecule has 0 aliphatic rings. The summed E-state index contributed by atoms with van der Waals surface area (Å²) in [5, 5.41) is 9.28. The SMILES string of the molecule is C=C(O)c1cccc(CC)c1OC. The largest absolute Gasteiger partial charge is 0.508 e. The molecule has 0 atom stereocenters. The van der Waals surface area contributed by atoms with Gasteiger partial charge in [-0.25, -0.2) is 0 Å². The van der Waals surface area contributed by atoms with Gasteiger partial charge >= 0.3 is 0 Å². The van der Waals surface area contributed by atoms with Crippen molar-refractivity contribution in [2.45, 2.75) is 13.3 Å². The highest BCUT2D eigenvalue weighted by molar-refractivity contribution is 5.64. The second-order valence-corrected chi connectivity index (χ2v) is 2.80. The lowest BCUT2D eigenvalue weighted by Gasteiger charge is -2.10. The van der Waals surface area contributed by atoms with Gasteiger partial charge in [-0.3, -0.25) is 0 Å². The van der Waals surface area contributed by atoms with E-state index in [4.69, 9.17) is 4.74 Å². The highest BCUT2D eigenvalue weighted by atomic mass is 16.5. The fraction of sp³-hybridized carbons (Fsp3) is 0.273. The molecule has 0 bridgehead atoms. The van der Waals surface area contributed by atoms with Crippen LogP contribution >= 0.6 is 0 Å². The van der Waals surface area contributed by atoms with Crippen LogP contribution in [0.5, 0.6) is 5.75 Å². The maximum Gasteiger partial charge on any atom is 0.132 e. The Labute approximate surface area is 78.5 Å². The van der Waals surface area contributed by atoms with Crippen LogP contribution < -0.4 is 4.74 Å². The molecule has 0 heterocycles. The van der Waals surface area contributed by atoms with E-state index in [1.54, 1.807) is 13.2 Å². The number of aryl methyl sites for hydroxylation is 1.